The van der Waals surface area contributed by atoms with Crippen molar-refractivity contribution in [2.45, 2.75) is 58.8 Å². The molecule has 0 saturated heterocycles. The zero-order chi connectivity index (χ0) is 26.1. The standard InChI is InChI=1S/C26H23N4.C5H8O2.Ir/c1-25(2)19-10-11-26(25,3)22-21(19)24(29-28-22)30-20-14-16-8-5-4-7-15(16)13-18(20)17-9-6-12-27-23(17)30;1-4(6)3-5(2)7;/h4-9,12-14,19H,10-11H2,1-3H3;3,6H,1-2H3;/q-1;;/b;4-3-;. The molecule has 2 unspecified atom stereocenters. The van der Waals surface area contributed by atoms with Crippen LogP contribution in [0.4, 0.5) is 0 Å². The fraction of sp³-hybridized carbons (Fsp3) is 0.323. The Morgan fingerprint density at radius 2 is 1.79 bits per heavy atom. The Morgan fingerprint density at radius 3 is 2.45 bits per heavy atom. The normalized spacial score (nSPS) is 21.3. The smallest absolute Gasteiger partial charge is 0.155 e. The summed E-state index contributed by atoms with van der Waals surface area (Å²) < 4.78 is 2.27. The first kappa shape index (κ1) is 26.3. The maximum Gasteiger partial charge on any atom is 0.155 e. The van der Waals surface area contributed by atoms with Gasteiger partial charge in [0.05, 0.1) is 11.4 Å². The van der Waals surface area contributed by atoms with E-state index in [-0.39, 0.29) is 42.5 Å². The molecule has 0 spiro atoms. The maximum absolute atomic E-state index is 10.0. The maximum atomic E-state index is 10.0. The number of aliphatic hydroxyl groups is 1. The molecule has 2 aromatic carbocycles. The molecule has 2 bridgehead atoms. The van der Waals surface area contributed by atoms with E-state index in [1.54, 1.807) is 0 Å². The minimum atomic E-state index is -0.125. The van der Waals surface area contributed by atoms with Crippen molar-refractivity contribution < 1.29 is 30.0 Å². The Morgan fingerprint density at radius 1 is 1.08 bits per heavy atom. The topological polar surface area (TPSA) is 82.1 Å². The van der Waals surface area contributed by atoms with Crippen molar-refractivity contribution in [3.05, 3.63) is 77.8 Å². The van der Waals surface area contributed by atoms with Crippen molar-refractivity contribution in [2.24, 2.45) is 5.41 Å². The summed E-state index contributed by atoms with van der Waals surface area (Å²) in [6.07, 6.45) is 5.46. The zero-order valence-corrected chi connectivity index (χ0v) is 24.6. The molecule has 1 fully saturated rings. The van der Waals surface area contributed by atoms with Crippen LogP contribution >= 0.6 is 0 Å². The van der Waals surface area contributed by atoms with Crippen LogP contribution in [0.25, 0.3) is 38.5 Å². The third kappa shape index (κ3) is 3.67. The third-order valence-corrected chi connectivity index (χ3v) is 8.86. The van der Waals surface area contributed by atoms with Crippen LogP contribution in [0.2, 0.25) is 0 Å². The van der Waals surface area contributed by atoms with E-state index in [0.29, 0.717) is 5.92 Å². The van der Waals surface area contributed by atoms with Crippen molar-refractivity contribution in [3.8, 4) is 5.82 Å². The molecular formula is C31H31IrN4O2-. The van der Waals surface area contributed by atoms with Crippen LogP contribution < -0.4 is 5.10 Å². The van der Waals surface area contributed by atoms with Gasteiger partial charge < -0.3 is 14.8 Å². The number of hydrogen-bond acceptors (Lipinski definition) is 4. The summed E-state index contributed by atoms with van der Waals surface area (Å²) in [6, 6.07) is 17.3. The molecule has 7 heteroatoms. The number of aromatic nitrogens is 4. The number of nitrogens with zero attached hydrogens (tertiary/aromatic N) is 4. The fourth-order valence-electron chi connectivity index (χ4n) is 6.67. The van der Waals surface area contributed by atoms with Crippen LogP contribution in [0.15, 0.2) is 66.6 Å². The first-order valence-corrected chi connectivity index (χ1v) is 12.8. The molecule has 0 amide bonds. The van der Waals surface area contributed by atoms with E-state index in [1.807, 2.05) is 12.3 Å². The Balaban J connectivity index is 0.000000329. The van der Waals surface area contributed by atoms with Gasteiger partial charge in [0.2, 0.25) is 0 Å². The van der Waals surface area contributed by atoms with E-state index in [4.69, 9.17) is 20.3 Å². The molecule has 0 aliphatic heterocycles. The molecule has 197 valence electrons. The molecule has 1 saturated carbocycles. The first-order chi connectivity index (χ1) is 17.6. The number of carbonyl (C=O) groups is 1. The van der Waals surface area contributed by atoms with Crippen LogP contribution in [-0.4, -0.2) is 25.5 Å². The van der Waals surface area contributed by atoms with Gasteiger partial charge in [-0.3, -0.25) is 14.9 Å². The molecule has 7 rings (SSSR count). The molecule has 38 heavy (non-hydrogen) atoms. The molecule has 3 aromatic heterocycles. The molecule has 3 heterocycles. The summed E-state index contributed by atoms with van der Waals surface area (Å²) in [5, 5.41) is 22.8. The predicted octanol–water partition coefficient (Wildman–Crippen LogP) is 6.89. The molecule has 1 N–H and O–H groups in total. The molecular weight excluding hydrogens is 653 g/mol. The van der Waals surface area contributed by atoms with Gasteiger partial charge in [-0.05, 0) is 83.2 Å². The predicted molar refractivity (Wildman–Crippen MR) is 147 cm³/mol. The number of pyridine rings is 1. The van der Waals surface area contributed by atoms with Gasteiger partial charge in [0.25, 0.3) is 0 Å². The van der Waals surface area contributed by atoms with Crippen LogP contribution in [0.5, 0.6) is 0 Å². The third-order valence-electron chi connectivity index (χ3n) is 8.86. The minimum absolute atomic E-state index is 0. The molecule has 2 aliphatic rings. The van der Waals surface area contributed by atoms with E-state index in [0.717, 1.165) is 17.0 Å². The summed E-state index contributed by atoms with van der Waals surface area (Å²) in [5.41, 5.74) is 5.02. The molecule has 2 aliphatic carbocycles. The van der Waals surface area contributed by atoms with Gasteiger partial charge in [-0.1, -0.05) is 57.2 Å². The first-order valence-electron chi connectivity index (χ1n) is 12.8. The second kappa shape index (κ2) is 9.18. The molecule has 1 radical (unpaired) electrons. The van der Waals surface area contributed by atoms with Crippen LogP contribution in [0.3, 0.4) is 0 Å². The summed E-state index contributed by atoms with van der Waals surface area (Å²) in [5.74, 6) is 1.42. The summed E-state index contributed by atoms with van der Waals surface area (Å²) in [4.78, 5) is 14.8. The number of carbonyl (C=O) groups excluding carboxylic acids is 1. The van der Waals surface area contributed by atoms with Gasteiger partial charge in [0.15, 0.2) is 5.78 Å². The Bertz CT molecular complexity index is 1740. The Hall–Kier alpha value is -3.28. The monoisotopic (exact) mass is 684 g/mol. The second-order valence-corrected chi connectivity index (χ2v) is 11.3. The minimum Gasteiger partial charge on any atom is -0.512 e. The fourth-order valence-corrected chi connectivity index (χ4v) is 6.67. The van der Waals surface area contributed by atoms with Crippen molar-refractivity contribution in [1.82, 2.24) is 19.7 Å². The van der Waals surface area contributed by atoms with E-state index < -0.39 is 0 Å². The van der Waals surface area contributed by atoms with Gasteiger partial charge in [-0.25, -0.2) is 0 Å². The number of aliphatic hydroxyl groups excluding tert-OH is 1. The quantitative estimate of drug-likeness (QED) is 0.162. The molecule has 2 atom stereocenters. The van der Waals surface area contributed by atoms with Crippen LogP contribution in [0.1, 0.15) is 64.6 Å². The number of allylic oxidation sites excluding steroid dienone is 2. The largest absolute Gasteiger partial charge is 0.512 e. The molecule has 5 aromatic rings. The van der Waals surface area contributed by atoms with Crippen molar-refractivity contribution in [1.29, 1.82) is 0 Å². The number of hydrogen-bond donors (Lipinski definition) is 1. The van der Waals surface area contributed by atoms with Gasteiger partial charge in [-0.2, -0.15) is 0 Å². The van der Waals surface area contributed by atoms with E-state index in [1.165, 1.54) is 65.6 Å². The number of ketones is 1. The van der Waals surface area contributed by atoms with Crippen LogP contribution in [-0.2, 0) is 30.3 Å². The van der Waals surface area contributed by atoms with Crippen molar-refractivity contribution in [3.63, 3.8) is 0 Å². The number of benzene rings is 2. The van der Waals surface area contributed by atoms with E-state index in [9.17, 15) is 4.79 Å². The van der Waals surface area contributed by atoms with Gasteiger partial charge in [0.1, 0.15) is 0 Å². The number of fused-ring (bicyclic) bond motifs is 9. The van der Waals surface area contributed by atoms with Crippen molar-refractivity contribution >= 4 is 38.5 Å². The van der Waals surface area contributed by atoms with Gasteiger partial charge in [-0.15, -0.1) is 0 Å². The van der Waals surface area contributed by atoms with E-state index >= 15 is 0 Å². The van der Waals surface area contributed by atoms with E-state index in [2.05, 4.69) is 67.8 Å². The SMILES string of the molecule is CC(=O)/C=C(/C)O.CC12CCC(c3c1n[n-]c3-n1c3cc4ccccc4cc3c3cccnc31)C2(C)C.[Ir]. The Kier molecular flexibility index (Phi) is 6.36. The second-order valence-electron chi connectivity index (χ2n) is 11.3. The summed E-state index contributed by atoms with van der Waals surface area (Å²) >= 11 is 0. The van der Waals surface area contributed by atoms with Gasteiger partial charge >= 0.3 is 0 Å². The van der Waals surface area contributed by atoms with Crippen molar-refractivity contribution in [2.75, 3.05) is 0 Å². The summed E-state index contributed by atoms with van der Waals surface area (Å²) in [6.45, 7) is 10.1. The Labute approximate surface area is 235 Å². The summed E-state index contributed by atoms with van der Waals surface area (Å²) in [7, 11) is 0. The molecule has 6 nitrogen and oxygen atoms in total. The average molecular weight is 684 g/mol. The van der Waals surface area contributed by atoms with Gasteiger partial charge in [0, 0.05) is 48.9 Å². The average Bonchev–Trinajstić information content (AvgIpc) is 3.52. The zero-order valence-electron chi connectivity index (χ0n) is 22.2. The number of rotatable bonds is 2. The van der Waals surface area contributed by atoms with Crippen LogP contribution in [0, 0.1) is 5.41 Å².